The van der Waals surface area contributed by atoms with Crippen molar-refractivity contribution >= 4 is 11.7 Å². The number of fused-ring (bicyclic) bond motifs is 1. The van der Waals surface area contributed by atoms with Crippen LogP contribution in [0.25, 0.3) is 5.70 Å². The van der Waals surface area contributed by atoms with E-state index in [2.05, 4.69) is 10.3 Å². The van der Waals surface area contributed by atoms with E-state index in [0.29, 0.717) is 23.6 Å². The lowest BCUT2D eigenvalue weighted by Crippen LogP contribution is -2.59. The Labute approximate surface area is 155 Å². The first kappa shape index (κ1) is 17.2. The monoisotopic (exact) mass is 370 g/mol. The highest BCUT2D eigenvalue weighted by Crippen LogP contribution is 2.34. The summed E-state index contributed by atoms with van der Waals surface area (Å²) in [5.41, 5.74) is 12.9. The van der Waals surface area contributed by atoms with Crippen molar-refractivity contribution in [3.8, 4) is 17.2 Å². The second-order valence-electron chi connectivity index (χ2n) is 6.38. The number of benzene rings is 2. The molecule has 0 spiro atoms. The van der Waals surface area contributed by atoms with E-state index in [1.165, 1.54) is 13.2 Å². The summed E-state index contributed by atoms with van der Waals surface area (Å²) in [4.78, 5) is 4.21. The molecule has 7 nitrogen and oxygen atoms in total. The Morgan fingerprint density at radius 1 is 1.26 bits per heavy atom. The van der Waals surface area contributed by atoms with Gasteiger partial charge in [-0.2, -0.15) is 0 Å². The Bertz CT molecular complexity index is 960. The number of nitrogens with zero attached hydrogens (tertiary/aromatic N) is 1. The number of guanidine groups is 1. The molecule has 2 aromatic carbocycles. The first-order chi connectivity index (χ1) is 13.0. The van der Waals surface area contributed by atoms with Gasteiger partial charge in [0.2, 0.25) is 6.79 Å². The summed E-state index contributed by atoms with van der Waals surface area (Å²) in [5, 5.41) is 2.96. The number of aliphatic imine (C=N–C) groups is 1. The van der Waals surface area contributed by atoms with Gasteiger partial charge in [0.1, 0.15) is 5.66 Å². The fourth-order valence-corrected chi connectivity index (χ4v) is 3.20. The average Bonchev–Trinajstić information content (AvgIpc) is 3.08. The Morgan fingerprint density at radius 3 is 2.89 bits per heavy atom. The third kappa shape index (κ3) is 3.26. The van der Waals surface area contributed by atoms with Crippen molar-refractivity contribution in [2.75, 3.05) is 13.9 Å². The van der Waals surface area contributed by atoms with Crippen LogP contribution in [0.2, 0.25) is 0 Å². The van der Waals surface area contributed by atoms with Gasteiger partial charge >= 0.3 is 0 Å². The molecule has 4 rings (SSSR count). The van der Waals surface area contributed by atoms with Gasteiger partial charge in [-0.3, -0.25) is 0 Å². The van der Waals surface area contributed by atoms with Crippen LogP contribution in [0.15, 0.2) is 47.5 Å². The van der Waals surface area contributed by atoms with Crippen molar-refractivity contribution in [3.63, 3.8) is 0 Å². The lowest BCUT2D eigenvalue weighted by Gasteiger charge is -2.32. The van der Waals surface area contributed by atoms with E-state index in [1.807, 2.05) is 18.2 Å². The zero-order valence-electron chi connectivity index (χ0n) is 14.7. The molecule has 27 heavy (non-hydrogen) atoms. The van der Waals surface area contributed by atoms with E-state index >= 15 is 0 Å². The molecule has 5 N–H and O–H groups in total. The molecule has 2 aliphatic rings. The summed E-state index contributed by atoms with van der Waals surface area (Å²) in [6.07, 6.45) is 2.04. The molecule has 140 valence electrons. The van der Waals surface area contributed by atoms with E-state index in [0.717, 1.165) is 5.56 Å². The third-order valence-corrected chi connectivity index (χ3v) is 4.39. The van der Waals surface area contributed by atoms with Crippen molar-refractivity contribution in [2.24, 2.45) is 16.5 Å². The highest BCUT2D eigenvalue weighted by atomic mass is 19.1. The van der Waals surface area contributed by atoms with Crippen LogP contribution in [0.5, 0.6) is 17.2 Å². The van der Waals surface area contributed by atoms with Gasteiger partial charge in [-0.25, -0.2) is 9.38 Å². The fourth-order valence-electron chi connectivity index (χ4n) is 3.20. The quantitative estimate of drug-likeness (QED) is 0.757. The van der Waals surface area contributed by atoms with Gasteiger partial charge in [-0.15, -0.1) is 0 Å². The summed E-state index contributed by atoms with van der Waals surface area (Å²) < 4.78 is 30.4. The average molecular weight is 370 g/mol. The van der Waals surface area contributed by atoms with Gasteiger partial charge in [0, 0.05) is 12.0 Å². The van der Waals surface area contributed by atoms with Crippen LogP contribution >= 0.6 is 0 Å². The topological polar surface area (TPSA) is 104 Å². The van der Waals surface area contributed by atoms with E-state index in [-0.39, 0.29) is 24.1 Å². The summed E-state index contributed by atoms with van der Waals surface area (Å²) in [6.45, 7) is 0.198. The highest BCUT2D eigenvalue weighted by molar-refractivity contribution is 5.89. The van der Waals surface area contributed by atoms with Gasteiger partial charge < -0.3 is 31.0 Å². The van der Waals surface area contributed by atoms with E-state index in [1.54, 1.807) is 18.2 Å². The summed E-state index contributed by atoms with van der Waals surface area (Å²) in [7, 11) is 1.41. The minimum absolute atomic E-state index is 0.109. The number of methoxy groups -OCH3 is 1. The Kier molecular flexibility index (Phi) is 4.12. The van der Waals surface area contributed by atoms with Gasteiger partial charge in [0.15, 0.2) is 29.0 Å². The van der Waals surface area contributed by atoms with Crippen molar-refractivity contribution < 1.29 is 18.6 Å². The number of hydrogen-bond acceptors (Lipinski definition) is 7. The molecule has 2 heterocycles. The smallest absolute Gasteiger partial charge is 0.231 e. The zero-order chi connectivity index (χ0) is 19.0. The minimum Gasteiger partial charge on any atom is -0.494 e. The normalized spacial score (nSPS) is 20.6. The molecule has 2 aromatic rings. The summed E-state index contributed by atoms with van der Waals surface area (Å²) in [5.74, 6) is 1.07. The molecule has 0 bridgehead atoms. The van der Waals surface area contributed by atoms with Crippen molar-refractivity contribution in [3.05, 3.63) is 59.4 Å². The van der Waals surface area contributed by atoms with Crippen molar-refractivity contribution in [1.82, 2.24) is 5.32 Å². The second-order valence-corrected chi connectivity index (χ2v) is 6.38. The summed E-state index contributed by atoms with van der Waals surface area (Å²) in [6, 6.07) is 10.4. The van der Waals surface area contributed by atoms with E-state index < -0.39 is 11.5 Å². The van der Waals surface area contributed by atoms with E-state index in [9.17, 15) is 4.39 Å². The molecule has 2 aliphatic heterocycles. The zero-order valence-corrected chi connectivity index (χ0v) is 14.7. The molecular formula is C19H19FN4O3. The predicted octanol–water partition coefficient (Wildman–Crippen LogP) is 1.72. The van der Waals surface area contributed by atoms with Crippen LogP contribution in [-0.2, 0) is 6.42 Å². The SMILES string of the molecule is COc1cccc(C2=CC(N)(Cc3ccc4c(c3)OCO4)NC(N)=N2)c1F. The molecule has 0 aromatic heterocycles. The maximum atomic E-state index is 14.6. The van der Waals surface area contributed by atoms with Gasteiger partial charge in [-0.05, 0) is 35.9 Å². The standard InChI is InChI=1S/C19H19FN4O3/c1-25-15-4-2-3-12(17(15)20)13-9-19(22,24-18(21)23-13)8-11-5-6-14-16(7-11)27-10-26-14/h2-7,9H,8,10,22H2,1H3,(H3,21,23,24). The van der Waals surface area contributed by atoms with Crippen molar-refractivity contribution in [2.45, 2.75) is 12.1 Å². The maximum Gasteiger partial charge on any atom is 0.231 e. The largest absolute Gasteiger partial charge is 0.494 e. The van der Waals surface area contributed by atoms with Crippen LogP contribution in [0.1, 0.15) is 11.1 Å². The van der Waals surface area contributed by atoms with Gasteiger partial charge in [0.25, 0.3) is 0 Å². The maximum absolute atomic E-state index is 14.6. The molecule has 0 saturated heterocycles. The number of halogens is 1. The fraction of sp³-hybridized carbons (Fsp3) is 0.211. The molecular weight excluding hydrogens is 351 g/mol. The molecule has 0 fully saturated rings. The third-order valence-electron chi connectivity index (χ3n) is 4.39. The van der Waals surface area contributed by atoms with Crippen LogP contribution in [0.3, 0.4) is 0 Å². The lowest BCUT2D eigenvalue weighted by molar-refractivity contribution is 0.174. The predicted molar refractivity (Wildman–Crippen MR) is 98.9 cm³/mol. The van der Waals surface area contributed by atoms with Gasteiger partial charge in [-0.1, -0.05) is 12.1 Å². The number of rotatable bonds is 4. The minimum atomic E-state index is -1.05. The number of hydrogen-bond donors (Lipinski definition) is 3. The molecule has 0 radical (unpaired) electrons. The van der Waals surface area contributed by atoms with Crippen molar-refractivity contribution in [1.29, 1.82) is 0 Å². The summed E-state index contributed by atoms with van der Waals surface area (Å²) >= 11 is 0. The number of nitrogens with one attached hydrogen (secondary N) is 1. The number of ether oxygens (including phenoxy) is 3. The molecule has 0 saturated carbocycles. The second kappa shape index (κ2) is 6.48. The van der Waals surface area contributed by atoms with Crippen LogP contribution in [0, 0.1) is 5.82 Å². The van der Waals surface area contributed by atoms with Gasteiger partial charge in [0.05, 0.1) is 12.8 Å². The lowest BCUT2D eigenvalue weighted by atomic mass is 9.96. The molecule has 0 aliphatic carbocycles. The number of nitrogens with two attached hydrogens (primary N) is 2. The molecule has 1 unspecified atom stereocenters. The van der Waals surface area contributed by atoms with Crippen LogP contribution in [-0.4, -0.2) is 25.5 Å². The highest BCUT2D eigenvalue weighted by Gasteiger charge is 2.30. The van der Waals surface area contributed by atoms with Crippen LogP contribution < -0.4 is 31.0 Å². The Balaban J connectivity index is 1.68. The molecule has 8 heteroatoms. The Morgan fingerprint density at radius 2 is 2.07 bits per heavy atom. The van der Waals surface area contributed by atoms with Crippen LogP contribution in [0.4, 0.5) is 4.39 Å². The first-order valence-electron chi connectivity index (χ1n) is 8.33. The first-order valence-corrected chi connectivity index (χ1v) is 8.33. The molecule has 0 amide bonds. The molecule has 1 atom stereocenters. The van der Waals surface area contributed by atoms with E-state index in [4.69, 9.17) is 25.7 Å². The Hall–Kier alpha value is -3.26.